The van der Waals surface area contributed by atoms with Gasteiger partial charge in [-0.25, -0.2) is 9.78 Å². The molecular formula is C23H22N4O. The topological polar surface area (TPSA) is 51.9 Å². The summed E-state index contributed by atoms with van der Waals surface area (Å²) < 4.78 is 3.63. The van der Waals surface area contributed by atoms with Crippen molar-refractivity contribution in [1.29, 1.82) is 0 Å². The van der Waals surface area contributed by atoms with E-state index in [0.29, 0.717) is 0 Å². The van der Waals surface area contributed by atoms with Crippen molar-refractivity contribution in [1.82, 2.24) is 19.4 Å². The van der Waals surface area contributed by atoms with Gasteiger partial charge in [0.2, 0.25) is 0 Å². The van der Waals surface area contributed by atoms with Crippen LogP contribution in [0.1, 0.15) is 18.0 Å². The van der Waals surface area contributed by atoms with Crippen molar-refractivity contribution in [3.63, 3.8) is 0 Å². The highest BCUT2D eigenvalue weighted by atomic mass is 16.1. The van der Waals surface area contributed by atoms with Crippen LogP contribution in [0, 0.1) is 6.92 Å². The molecule has 4 aromatic rings. The molecule has 1 saturated heterocycles. The second-order valence-corrected chi connectivity index (χ2v) is 7.34. The van der Waals surface area contributed by atoms with E-state index in [4.69, 9.17) is 0 Å². The van der Waals surface area contributed by atoms with Crippen LogP contribution in [-0.2, 0) is 0 Å². The molecule has 1 fully saturated rings. The number of rotatable bonds is 3. The molecule has 3 heterocycles. The van der Waals surface area contributed by atoms with Gasteiger partial charge in [0.1, 0.15) is 0 Å². The largest absolute Gasteiger partial charge is 0.335 e. The van der Waals surface area contributed by atoms with E-state index in [-0.39, 0.29) is 11.7 Å². The Hall–Kier alpha value is -3.18. The minimum absolute atomic E-state index is 0.0222. The van der Waals surface area contributed by atoms with Gasteiger partial charge in [0.05, 0.1) is 17.2 Å². The Morgan fingerprint density at radius 3 is 2.61 bits per heavy atom. The summed E-state index contributed by atoms with van der Waals surface area (Å²) in [7, 11) is 0. The molecule has 1 N–H and O–H groups in total. The van der Waals surface area contributed by atoms with Crippen molar-refractivity contribution in [3.05, 3.63) is 82.9 Å². The number of benzene rings is 2. The summed E-state index contributed by atoms with van der Waals surface area (Å²) in [6.07, 6.45) is 2.70. The van der Waals surface area contributed by atoms with Crippen molar-refractivity contribution in [2.45, 2.75) is 19.4 Å². The molecule has 0 bridgehead atoms. The summed E-state index contributed by atoms with van der Waals surface area (Å²) >= 11 is 0. The number of hydrogen-bond acceptors (Lipinski definition) is 3. The van der Waals surface area contributed by atoms with Crippen LogP contribution in [0.3, 0.4) is 0 Å². The van der Waals surface area contributed by atoms with Gasteiger partial charge in [-0.2, -0.15) is 0 Å². The van der Waals surface area contributed by atoms with E-state index < -0.39 is 0 Å². The first kappa shape index (κ1) is 17.0. The summed E-state index contributed by atoms with van der Waals surface area (Å²) in [4.78, 5) is 17.9. The van der Waals surface area contributed by atoms with E-state index in [2.05, 4.69) is 47.6 Å². The number of aryl methyl sites for hydroxylation is 1. The Kier molecular flexibility index (Phi) is 4.10. The van der Waals surface area contributed by atoms with Gasteiger partial charge in [0, 0.05) is 12.7 Å². The summed E-state index contributed by atoms with van der Waals surface area (Å²) in [5.74, 6) is 0. The fourth-order valence-electron chi connectivity index (χ4n) is 4.18. The van der Waals surface area contributed by atoms with E-state index in [1.165, 1.54) is 11.1 Å². The van der Waals surface area contributed by atoms with Crippen LogP contribution in [-0.4, -0.2) is 27.2 Å². The molecule has 28 heavy (non-hydrogen) atoms. The Morgan fingerprint density at radius 1 is 1.04 bits per heavy atom. The molecule has 1 aliphatic rings. The number of hydrogen-bond donors (Lipinski definition) is 1. The third-order valence-corrected chi connectivity index (χ3v) is 5.61. The third kappa shape index (κ3) is 2.67. The molecule has 0 amide bonds. The van der Waals surface area contributed by atoms with Crippen molar-refractivity contribution in [2.24, 2.45) is 0 Å². The van der Waals surface area contributed by atoms with Crippen molar-refractivity contribution in [2.75, 3.05) is 13.1 Å². The highest BCUT2D eigenvalue weighted by molar-refractivity contribution is 5.75. The first-order valence-corrected chi connectivity index (χ1v) is 9.69. The van der Waals surface area contributed by atoms with Crippen molar-refractivity contribution >= 4 is 11.2 Å². The highest BCUT2D eigenvalue weighted by Gasteiger charge is 2.24. The predicted molar refractivity (Wildman–Crippen MR) is 112 cm³/mol. The number of fused-ring (bicyclic) bond motifs is 1. The van der Waals surface area contributed by atoms with Crippen LogP contribution in [0.2, 0.25) is 0 Å². The summed E-state index contributed by atoms with van der Waals surface area (Å²) in [5.41, 5.74) is 6.05. The fourth-order valence-corrected chi connectivity index (χ4v) is 4.18. The lowest BCUT2D eigenvalue weighted by atomic mass is 10.0. The zero-order valence-electron chi connectivity index (χ0n) is 15.8. The van der Waals surface area contributed by atoms with Crippen LogP contribution >= 0.6 is 0 Å². The van der Waals surface area contributed by atoms with Crippen LogP contribution in [0.25, 0.3) is 28.0 Å². The first-order valence-electron chi connectivity index (χ1n) is 9.69. The smallest absolute Gasteiger partial charge is 0.315 e. The van der Waals surface area contributed by atoms with Gasteiger partial charge >= 0.3 is 5.69 Å². The first-order chi connectivity index (χ1) is 13.7. The predicted octanol–water partition coefficient (Wildman–Crippen LogP) is 3.70. The maximum Gasteiger partial charge on any atom is 0.335 e. The lowest BCUT2D eigenvalue weighted by Crippen LogP contribution is -2.28. The summed E-state index contributed by atoms with van der Waals surface area (Å²) in [5, 5.41) is 3.35. The molecule has 5 heteroatoms. The van der Waals surface area contributed by atoms with E-state index in [1.54, 1.807) is 10.8 Å². The number of pyridine rings is 1. The number of aromatic nitrogens is 3. The molecule has 2 aromatic carbocycles. The van der Waals surface area contributed by atoms with E-state index in [1.807, 2.05) is 34.9 Å². The highest BCUT2D eigenvalue weighted by Crippen LogP contribution is 2.26. The minimum Gasteiger partial charge on any atom is -0.315 e. The lowest BCUT2D eigenvalue weighted by Gasteiger charge is -2.09. The van der Waals surface area contributed by atoms with E-state index in [0.717, 1.165) is 41.9 Å². The van der Waals surface area contributed by atoms with Gasteiger partial charge < -0.3 is 5.32 Å². The number of nitrogens with zero attached hydrogens (tertiary/aromatic N) is 3. The van der Waals surface area contributed by atoms with Gasteiger partial charge in [-0.15, -0.1) is 0 Å². The molecular weight excluding hydrogens is 348 g/mol. The van der Waals surface area contributed by atoms with Crippen LogP contribution < -0.4 is 11.0 Å². The summed E-state index contributed by atoms with van der Waals surface area (Å²) in [6, 6.07) is 20.6. The fraction of sp³-hybridized carbons (Fsp3) is 0.217. The molecule has 5 nitrogen and oxygen atoms in total. The zero-order chi connectivity index (χ0) is 19.1. The Labute approximate surface area is 163 Å². The molecule has 0 spiro atoms. The van der Waals surface area contributed by atoms with Gasteiger partial charge in [-0.3, -0.25) is 9.13 Å². The number of imidazole rings is 1. The molecule has 0 aliphatic carbocycles. The van der Waals surface area contributed by atoms with Crippen LogP contribution in [0.4, 0.5) is 0 Å². The molecule has 5 rings (SSSR count). The minimum atomic E-state index is -0.0222. The molecule has 2 aromatic heterocycles. The Morgan fingerprint density at radius 2 is 1.86 bits per heavy atom. The van der Waals surface area contributed by atoms with Gasteiger partial charge in [0.25, 0.3) is 0 Å². The van der Waals surface area contributed by atoms with Crippen LogP contribution in [0.15, 0.2) is 71.7 Å². The molecule has 0 saturated carbocycles. The maximum atomic E-state index is 13.3. The van der Waals surface area contributed by atoms with Gasteiger partial charge in [0.15, 0.2) is 5.65 Å². The SMILES string of the molecule is Cc1ccccc1-c1ccc(-n2c(=O)n([C@H]3CCNC3)c3ncccc32)cc1. The van der Waals surface area contributed by atoms with Gasteiger partial charge in [-0.05, 0) is 60.8 Å². The normalized spacial score (nSPS) is 16.7. The lowest BCUT2D eigenvalue weighted by molar-refractivity contribution is 0.537. The van der Waals surface area contributed by atoms with Crippen molar-refractivity contribution < 1.29 is 0 Å². The Bertz CT molecular complexity index is 1200. The van der Waals surface area contributed by atoms with E-state index >= 15 is 0 Å². The summed E-state index contributed by atoms with van der Waals surface area (Å²) in [6.45, 7) is 3.85. The van der Waals surface area contributed by atoms with Crippen LogP contribution in [0.5, 0.6) is 0 Å². The van der Waals surface area contributed by atoms with Crippen molar-refractivity contribution in [3.8, 4) is 16.8 Å². The quantitative estimate of drug-likeness (QED) is 0.598. The zero-order valence-corrected chi connectivity index (χ0v) is 15.8. The van der Waals surface area contributed by atoms with Gasteiger partial charge in [-0.1, -0.05) is 36.4 Å². The Balaban J connectivity index is 1.65. The monoisotopic (exact) mass is 370 g/mol. The average molecular weight is 370 g/mol. The molecule has 1 aliphatic heterocycles. The maximum absolute atomic E-state index is 13.3. The third-order valence-electron chi connectivity index (χ3n) is 5.61. The molecule has 140 valence electrons. The second-order valence-electron chi connectivity index (χ2n) is 7.34. The number of nitrogens with one attached hydrogen (secondary N) is 1. The molecule has 0 radical (unpaired) electrons. The average Bonchev–Trinajstić information content (AvgIpc) is 3.34. The second kappa shape index (κ2) is 6.77. The standard InChI is InChI=1S/C23H22N4O/c1-16-5-2-3-6-20(16)17-8-10-18(11-9-17)26-21-7-4-13-25-22(21)27(23(26)28)19-12-14-24-15-19/h2-11,13,19,24H,12,14-15H2,1H3/t19-/m0/s1. The molecule has 0 unspecified atom stereocenters. The molecule has 1 atom stereocenters. The van der Waals surface area contributed by atoms with E-state index in [9.17, 15) is 4.79 Å².